The molecule has 4 heteroatoms. The van der Waals surface area contributed by atoms with E-state index >= 15 is 0 Å². The van der Waals surface area contributed by atoms with Gasteiger partial charge in [0.05, 0.1) is 12.2 Å². The molecule has 0 spiro atoms. The second-order valence-corrected chi connectivity index (χ2v) is 15.1. The number of fused-ring (bicyclic) bond motifs is 5. The lowest BCUT2D eigenvalue weighted by Crippen LogP contribution is -2.51. The minimum Gasteiger partial charge on any atom is -0.458 e. The molecule has 4 nitrogen and oxygen atoms in total. The molecular weight excluding hydrogens is 460 g/mol. The Morgan fingerprint density at radius 3 is 2.46 bits per heavy atom. The first-order chi connectivity index (χ1) is 17.2. The molecule has 212 valence electrons. The Morgan fingerprint density at radius 1 is 1.05 bits per heavy atom. The van der Waals surface area contributed by atoms with Gasteiger partial charge in [-0.25, -0.2) is 4.79 Å². The molecule has 1 N–H and O–H groups in total. The molecule has 4 aliphatic carbocycles. The van der Waals surface area contributed by atoms with Crippen LogP contribution in [-0.2, 0) is 14.3 Å². The zero-order valence-corrected chi connectivity index (χ0v) is 25.1. The molecule has 3 fully saturated rings. The van der Waals surface area contributed by atoms with E-state index < -0.39 is 5.60 Å². The number of hydrogen-bond donors (Lipinski definition) is 1. The van der Waals surface area contributed by atoms with Crippen LogP contribution in [0.4, 0.5) is 0 Å². The molecule has 0 amide bonds. The van der Waals surface area contributed by atoms with Crippen molar-refractivity contribution in [3.8, 4) is 0 Å². The van der Waals surface area contributed by atoms with Crippen LogP contribution in [0.5, 0.6) is 0 Å². The average Bonchev–Trinajstić information content (AvgIpc) is 3.17. The molecule has 0 saturated heterocycles. The number of carbonyl (C=O) groups is 1. The predicted molar refractivity (Wildman–Crippen MR) is 150 cm³/mol. The van der Waals surface area contributed by atoms with E-state index in [9.17, 15) is 9.90 Å². The predicted octanol–water partition coefficient (Wildman–Crippen LogP) is 7.73. The molecule has 0 bridgehead atoms. The first-order valence-corrected chi connectivity index (χ1v) is 15.5. The Bertz CT molecular complexity index is 840. The fourth-order valence-electron chi connectivity index (χ4n) is 9.27. The molecule has 0 radical (unpaired) electrons. The van der Waals surface area contributed by atoms with Crippen molar-refractivity contribution < 1.29 is 19.4 Å². The van der Waals surface area contributed by atoms with Gasteiger partial charge in [0.1, 0.15) is 12.2 Å². The van der Waals surface area contributed by atoms with Gasteiger partial charge >= 0.3 is 5.97 Å². The topological polar surface area (TPSA) is 55.8 Å². The normalized spacial score (nSPS) is 39.3. The lowest BCUT2D eigenvalue weighted by atomic mass is 9.47. The van der Waals surface area contributed by atoms with Crippen LogP contribution in [0.15, 0.2) is 11.6 Å². The molecule has 0 aromatic carbocycles. The van der Waals surface area contributed by atoms with E-state index in [0.29, 0.717) is 22.7 Å². The van der Waals surface area contributed by atoms with Crippen LogP contribution in [-0.4, -0.2) is 35.5 Å². The summed E-state index contributed by atoms with van der Waals surface area (Å²) in [5.74, 6) is 4.03. The van der Waals surface area contributed by atoms with Crippen LogP contribution >= 0.6 is 0 Å². The maximum absolute atomic E-state index is 12.2. The molecule has 37 heavy (non-hydrogen) atoms. The van der Waals surface area contributed by atoms with Crippen molar-refractivity contribution in [3.63, 3.8) is 0 Å². The highest BCUT2D eigenvalue weighted by molar-refractivity contribution is 5.71. The Morgan fingerprint density at radius 2 is 1.78 bits per heavy atom. The summed E-state index contributed by atoms with van der Waals surface area (Å²) in [4.78, 5) is 12.2. The third kappa shape index (κ3) is 6.01. The molecule has 0 aliphatic heterocycles. The fraction of sp³-hybridized carbons (Fsp3) is 0.909. The summed E-state index contributed by atoms with van der Waals surface area (Å²) in [6.07, 6.45) is 14.6. The first-order valence-electron chi connectivity index (χ1n) is 15.5. The van der Waals surface area contributed by atoms with Gasteiger partial charge in [-0.05, 0) is 131 Å². The van der Waals surface area contributed by atoms with Gasteiger partial charge in [0, 0.05) is 0 Å². The monoisotopic (exact) mass is 516 g/mol. The van der Waals surface area contributed by atoms with Gasteiger partial charge in [-0.2, -0.15) is 0 Å². The third-order valence-corrected chi connectivity index (χ3v) is 11.4. The van der Waals surface area contributed by atoms with Crippen LogP contribution in [0.2, 0.25) is 0 Å². The number of carbonyl (C=O) groups excluding carboxylic acids is 1. The lowest BCUT2D eigenvalue weighted by molar-refractivity contribution is -0.163. The number of ether oxygens (including phenoxy) is 2. The van der Waals surface area contributed by atoms with E-state index in [0.717, 1.165) is 49.4 Å². The summed E-state index contributed by atoms with van der Waals surface area (Å²) in [6, 6.07) is 0. The number of rotatable bonds is 8. The van der Waals surface area contributed by atoms with Gasteiger partial charge in [-0.15, -0.1) is 0 Å². The van der Waals surface area contributed by atoms with E-state index in [1.54, 1.807) is 5.57 Å². The number of esters is 1. The lowest BCUT2D eigenvalue weighted by Gasteiger charge is -2.58. The summed E-state index contributed by atoms with van der Waals surface area (Å²) in [5.41, 5.74) is 1.89. The largest absolute Gasteiger partial charge is 0.458 e. The summed E-state index contributed by atoms with van der Waals surface area (Å²) >= 11 is 0. The first kappa shape index (κ1) is 29.1. The minimum atomic E-state index is -0.464. The molecule has 0 heterocycles. The summed E-state index contributed by atoms with van der Waals surface area (Å²) in [6.45, 7) is 17.7. The Balaban J connectivity index is 1.38. The Labute approximate surface area is 227 Å². The number of aliphatic hydroxyl groups is 1. The number of hydrogen-bond acceptors (Lipinski definition) is 4. The molecule has 4 rings (SSSR count). The van der Waals surface area contributed by atoms with Crippen molar-refractivity contribution >= 4 is 5.97 Å². The van der Waals surface area contributed by atoms with Gasteiger partial charge in [-0.1, -0.05) is 46.3 Å². The van der Waals surface area contributed by atoms with Crippen molar-refractivity contribution in [2.45, 2.75) is 137 Å². The van der Waals surface area contributed by atoms with Crippen LogP contribution in [0.25, 0.3) is 0 Å². The van der Waals surface area contributed by atoms with Crippen LogP contribution in [0.1, 0.15) is 120 Å². The maximum atomic E-state index is 12.2. The van der Waals surface area contributed by atoms with Gasteiger partial charge in [0.2, 0.25) is 0 Å². The molecule has 3 saturated carbocycles. The van der Waals surface area contributed by atoms with E-state index in [-0.39, 0.29) is 24.8 Å². The molecule has 9 atom stereocenters. The summed E-state index contributed by atoms with van der Waals surface area (Å²) in [5, 5.41) is 10.4. The zero-order valence-electron chi connectivity index (χ0n) is 25.1. The molecule has 0 aromatic heterocycles. The standard InChI is InChI=1S/C33H56O4/c1-21(2)29(34)14-9-22(3)26-12-13-27-25-11-10-23-19-24(36-20-30(35)37-31(4,5)6)15-17-32(23,7)28(25)16-18-33(26,27)8/h10,21-22,24-29,34H,9,11-20H2,1-8H3/t22-,24+,25+,26-,27+,28+,29+,32+,33-/m1/s1. The van der Waals surface area contributed by atoms with Crippen molar-refractivity contribution in [2.24, 2.45) is 46.3 Å². The van der Waals surface area contributed by atoms with E-state index in [1.807, 2.05) is 20.8 Å². The summed E-state index contributed by atoms with van der Waals surface area (Å²) < 4.78 is 11.5. The van der Waals surface area contributed by atoms with Gasteiger partial charge < -0.3 is 14.6 Å². The number of allylic oxidation sites excluding steroid dienone is 1. The highest BCUT2D eigenvalue weighted by atomic mass is 16.6. The van der Waals surface area contributed by atoms with Crippen LogP contribution in [0.3, 0.4) is 0 Å². The van der Waals surface area contributed by atoms with Gasteiger partial charge in [0.25, 0.3) is 0 Å². The summed E-state index contributed by atoms with van der Waals surface area (Å²) in [7, 11) is 0. The van der Waals surface area contributed by atoms with E-state index in [1.165, 1.54) is 38.5 Å². The van der Waals surface area contributed by atoms with E-state index in [4.69, 9.17) is 9.47 Å². The average molecular weight is 517 g/mol. The third-order valence-electron chi connectivity index (χ3n) is 11.4. The fourth-order valence-corrected chi connectivity index (χ4v) is 9.27. The van der Waals surface area contributed by atoms with Crippen molar-refractivity contribution in [1.29, 1.82) is 0 Å². The quantitative estimate of drug-likeness (QED) is 0.265. The Hall–Kier alpha value is -0.870. The highest BCUT2D eigenvalue weighted by Gasteiger charge is 2.59. The smallest absolute Gasteiger partial charge is 0.332 e. The maximum Gasteiger partial charge on any atom is 0.332 e. The molecule has 0 aromatic rings. The van der Waals surface area contributed by atoms with Crippen LogP contribution < -0.4 is 0 Å². The van der Waals surface area contributed by atoms with Gasteiger partial charge in [-0.3, -0.25) is 0 Å². The van der Waals surface area contributed by atoms with Crippen molar-refractivity contribution in [3.05, 3.63) is 11.6 Å². The molecule has 4 aliphatic rings. The zero-order chi connectivity index (χ0) is 27.2. The molecule has 0 unspecified atom stereocenters. The van der Waals surface area contributed by atoms with Crippen molar-refractivity contribution in [2.75, 3.05) is 6.61 Å². The Kier molecular flexibility index (Phi) is 8.62. The number of aliphatic hydroxyl groups excluding tert-OH is 1. The second-order valence-electron chi connectivity index (χ2n) is 15.1. The minimum absolute atomic E-state index is 0.0617. The molecular formula is C33H56O4. The van der Waals surface area contributed by atoms with Gasteiger partial charge in [0.15, 0.2) is 0 Å². The van der Waals surface area contributed by atoms with E-state index in [2.05, 4.69) is 40.7 Å². The van der Waals surface area contributed by atoms with Crippen LogP contribution in [0, 0.1) is 46.3 Å². The van der Waals surface area contributed by atoms with Crippen molar-refractivity contribution in [1.82, 2.24) is 0 Å². The second kappa shape index (κ2) is 11.0. The highest BCUT2D eigenvalue weighted by Crippen LogP contribution is 2.67. The SMILES string of the molecule is CC(C)[C@@H](O)CC[C@@H](C)[C@H]1CC[C@H]2[C@@H]3CC=C4C[C@@H](OCC(=O)OC(C)(C)C)CC[C@]4(C)[C@H]3CC[C@]12C.